The molecule has 3 rings (SSSR count). The fourth-order valence-electron chi connectivity index (χ4n) is 5.11. The molecule has 0 unspecified atom stereocenters. The summed E-state index contributed by atoms with van der Waals surface area (Å²) in [6, 6.07) is 3.71. The van der Waals surface area contributed by atoms with E-state index in [4.69, 9.17) is 0 Å². The Morgan fingerprint density at radius 2 is 2.05 bits per heavy atom. The monoisotopic (exact) mass is 302 g/mol. The van der Waals surface area contributed by atoms with Gasteiger partial charge >= 0.3 is 0 Å². The van der Waals surface area contributed by atoms with Crippen molar-refractivity contribution < 1.29 is 15.0 Å². The van der Waals surface area contributed by atoms with Gasteiger partial charge in [0.1, 0.15) is 5.75 Å². The molecule has 0 aromatic heterocycles. The maximum absolute atomic E-state index is 11.7. The van der Waals surface area contributed by atoms with Crippen LogP contribution in [0.5, 0.6) is 5.75 Å². The first-order valence-corrected chi connectivity index (χ1v) is 8.30. The van der Waals surface area contributed by atoms with Gasteiger partial charge in [-0.25, -0.2) is 0 Å². The molecule has 2 N–H and O–H groups in total. The molecule has 1 saturated carbocycles. The second kappa shape index (κ2) is 5.09. The van der Waals surface area contributed by atoms with E-state index in [2.05, 4.69) is 13.8 Å². The Bertz CT molecular complexity index is 621. The molecule has 1 aromatic rings. The summed E-state index contributed by atoms with van der Waals surface area (Å²) < 4.78 is 0. The first-order valence-electron chi connectivity index (χ1n) is 8.30. The van der Waals surface area contributed by atoms with Crippen LogP contribution in [0.15, 0.2) is 12.1 Å². The van der Waals surface area contributed by atoms with E-state index in [0.29, 0.717) is 11.5 Å². The van der Waals surface area contributed by atoms with E-state index in [1.54, 1.807) is 0 Å². The Kier molecular flexibility index (Phi) is 3.59. The number of hydrogen-bond acceptors (Lipinski definition) is 3. The minimum Gasteiger partial charge on any atom is -0.507 e. The average Bonchev–Trinajstić information content (AvgIpc) is 2.47. The van der Waals surface area contributed by atoms with Crippen molar-refractivity contribution in [3.05, 3.63) is 28.8 Å². The molecule has 0 aliphatic heterocycles. The van der Waals surface area contributed by atoms with Crippen molar-refractivity contribution in [2.24, 2.45) is 11.3 Å². The zero-order valence-corrected chi connectivity index (χ0v) is 13.8. The molecule has 0 heterocycles. The van der Waals surface area contributed by atoms with Crippen LogP contribution in [0.4, 0.5) is 0 Å². The van der Waals surface area contributed by atoms with Crippen molar-refractivity contribution >= 4 is 5.78 Å². The van der Waals surface area contributed by atoms with Gasteiger partial charge in [-0.1, -0.05) is 20.3 Å². The number of fused-ring (bicyclic) bond motifs is 3. The van der Waals surface area contributed by atoms with E-state index in [9.17, 15) is 15.0 Å². The number of carbonyl (C=O) groups is 1. The van der Waals surface area contributed by atoms with Gasteiger partial charge < -0.3 is 10.2 Å². The Hall–Kier alpha value is -1.35. The van der Waals surface area contributed by atoms with Crippen molar-refractivity contribution in [3.8, 4) is 5.75 Å². The standard InChI is InChI=1S/C19H26O3/c1-12(21)14-9-13-5-6-17-18(2,11-20)7-4-8-19(17,3)15(13)10-16(14)22/h9-10,17,20,22H,4-8,11H2,1-3H3/t17-,18+,19-/m1/s1. The average molecular weight is 302 g/mol. The number of aromatic hydroxyl groups is 1. The van der Waals surface area contributed by atoms with Crippen LogP contribution >= 0.6 is 0 Å². The van der Waals surface area contributed by atoms with Crippen LogP contribution in [0.2, 0.25) is 0 Å². The maximum Gasteiger partial charge on any atom is 0.163 e. The number of phenols is 1. The lowest BCUT2D eigenvalue weighted by atomic mass is 9.50. The third kappa shape index (κ3) is 2.10. The molecule has 120 valence electrons. The fourth-order valence-corrected chi connectivity index (χ4v) is 5.11. The van der Waals surface area contributed by atoms with Crippen LogP contribution in [-0.2, 0) is 11.8 Å². The maximum atomic E-state index is 11.7. The van der Waals surface area contributed by atoms with Gasteiger partial charge in [-0.3, -0.25) is 4.79 Å². The molecular formula is C19H26O3. The first-order chi connectivity index (χ1) is 10.3. The number of ketones is 1. The molecule has 3 nitrogen and oxygen atoms in total. The molecule has 3 atom stereocenters. The number of aliphatic hydroxyl groups excluding tert-OH is 1. The van der Waals surface area contributed by atoms with Crippen molar-refractivity contribution in [1.29, 1.82) is 0 Å². The summed E-state index contributed by atoms with van der Waals surface area (Å²) in [6.45, 7) is 6.19. The number of carbonyl (C=O) groups excluding carboxylic acids is 1. The van der Waals surface area contributed by atoms with Gasteiger partial charge in [0.05, 0.1) is 5.56 Å². The Balaban J connectivity index is 2.13. The lowest BCUT2D eigenvalue weighted by Gasteiger charge is -2.55. The van der Waals surface area contributed by atoms with Crippen molar-refractivity contribution in [3.63, 3.8) is 0 Å². The van der Waals surface area contributed by atoms with Gasteiger partial charge in [0.15, 0.2) is 5.78 Å². The van der Waals surface area contributed by atoms with Gasteiger partial charge in [0.25, 0.3) is 0 Å². The highest BCUT2D eigenvalue weighted by atomic mass is 16.3. The molecule has 2 aliphatic carbocycles. The summed E-state index contributed by atoms with van der Waals surface area (Å²) in [5, 5.41) is 20.2. The summed E-state index contributed by atoms with van der Waals surface area (Å²) in [5.41, 5.74) is 2.76. The molecule has 0 saturated heterocycles. The fraction of sp³-hybridized carbons (Fsp3) is 0.632. The van der Waals surface area contributed by atoms with Crippen molar-refractivity contribution in [1.82, 2.24) is 0 Å². The van der Waals surface area contributed by atoms with Gasteiger partial charge in [-0.15, -0.1) is 0 Å². The topological polar surface area (TPSA) is 57.5 Å². The Labute approximate surface area is 132 Å². The molecule has 3 heteroatoms. The van der Waals surface area contributed by atoms with Crippen LogP contribution in [0.25, 0.3) is 0 Å². The van der Waals surface area contributed by atoms with Crippen LogP contribution in [0.3, 0.4) is 0 Å². The SMILES string of the molecule is CC(=O)c1cc2c(cc1O)[C@@]1(C)CCC[C@@](C)(CO)[C@H]1CC2. The zero-order chi connectivity index (χ0) is 16.1. The van der Waals surface area contributed by atoms with Gasteiger partial charge in [0.2, 0.25) is 0 Å². The quantitative estimate of drug-likeness (QED) is 0.821. The molecule has 22 heavy (non-hydrogen) atoms. The van der Waals surface area contributed by atoms with E-state index in [1.807, 2.05) is 12.1 Å². The van der Waals surface area contributed by atoms with Gasteiger partial charge in [0, 0.05) is 6.61 Å². The highest BCUT2D eigenvalue weighted by Gasteiger charge is 2.51. The third-order valence-corrected chi connectivity index (χ3v) is 6.33. The minimum absolute atomic E-state index is 0.0177. The van der Waals surface area contributed by atoms with Crippen LogP contribution < -0.4 is 0 Å². The number of aryl methyl sites for hydroxylation is 1. The van der Waals surface area contributed by atoms with Gasteiger partial charge in [-0.2, -0.15) is 0 Å². The Morgan fingerprint density at radius 1 is 1.32 bits per heavy atom. The molecule has 0 amide bonds. The predicted molar refractivity (Wildman–Crippen MR) is 86.3 cm³/mol. The van der Waals surface area contributed by atoms with Crippen molar-refractivity contribution in [2.45, 2.75) is 58.3 Å². The van der Waals surface area contributed by atoms with E-state index in [0.717, 1.165) is 32.1 Å². The largest absolute Gasteiger partial charge is 0.507 e. The van der Waals surface area contributed by atoms with Crippen LogP contribution in [0, 0.1) is 11.3 Å². The van der Waals surface area contributed by atoms with E-state index in [1.165, 1.54) is 18.1 Å². The van der Waals surface area contributed by atoms with E-state index in [-0.39, 0.29) is 29.0 Å². The third-order valence-electron chi connectivity index (χ3n) is 6.33. The minimum atomic E-state index is -0.0867. The number of hydrogen-bond donors (Lipinski definition) is 2. The predicted octanol–water partition coefficient (Wildman–Crippen LogP) is 3.60. The normalized spacial score (nSPS) is 33.9. The molecule has 1 fully saturated rings. The zero-order valence-electron chi connectivity index (χ0n) is 13.8. The van der Waals surface area contributed by atoms with E-state index < -0.39 is 0 Å². The van der Waals surface area contributed by atoms with E-state index >= 15 is 0 Å². The van der Waals surface area contributed by atoms with Crippen LogP contribution in [0.1, 0.15) is 67.9 Å². The van der Waals surface area contributed by atoms with Crippen LogP contribution in [-0.4, -0.2) is 22.6 Å². The molecule has 0 bridgehead atoms. The van der Waals surface area contributed by atoms with Gasteiger partial charge in [-0.05, 0) is 72.6 Å². The molecule has 0 spiro atoms. The number of rotatable bonds is 2. The smallest absolute Gasteiger partial charge is 0.163 e. The lowest BCUT2D eigenvalue weighted by molar-refractivity contribution is -0.0179. The first kappa shape index (κ1) is 15.5. The molecule has 1 aromatic carbocycles. The lowest BCUT2D eigenvalue weighted by Crippen LogP contribution is -2.50. The number of Topliss-reactive ketones (excluding diaryl/α,β-unsaturated/α-hetero) is 1. The summed E-state index contributed by atoms with van der Waals surface area (Å²) >= 11 is 0. The highest BCUT2D eigenvalue weighted by Crippen LogP contribution is 2.57. The second-order valence-corrected chi connectivity index (χ2v) is 7.76. The summed E-state index contributed by atoms with van der Waals surface area (Å²) in [5.74, 6) is 0.439. The number of aliphatic hydroxyl groups is 1. The second-order valence-electron chi connectivity index (χ2n) is 7.76. The van der Waals surface area contributed by atoms with Crippen molar-refractivity contribution in [2.75, 3.05) is 6.61 Å². The molecule has 0 radical (unpaired) electrons. The summed E-state index contributed by atoms with van der Waals surface area (Å²) in [4.78, 5) is 11.7. The number of benzene rings is 1. The Morgan fingerprint density at radius 3 is 2.68 bits per heavy atom. The molecule has 2 aliphatic rings. The summed E-state index contributed by atoms with van der Waals surface area (Å²) in [6.07, 6.45) is 5.21. The molecular weight excluding hydrogens is 276 g/mol. The highest BCUT2D eigenvalue weighted by molar-refractivity contribution is 5.97. The summed E-state index contributed by atoms with van der Waals surface area (Å²) in [7, 11) is 0. The number of phenolic OH excluding ortho intramolecular Hbond substituents is 1.